The van der Waals surface area contributed by atoms with E-state index in [2.05, 4.69) is 9.72 Å². The van der Waals surface area contributed by atoms with Gasteiger partial charge >= 0.3 is 5.97 Å². The van der Waals surface area contributed by atoms with Crippen LogP contribution in [0.1, 0.15) is 18.0 Å². The zero-order chi connectivity index (χ0) is 11.4. The third-order valence-corrected chi connectivity index (χ3v) is 2.48. The molecule has 15 heavy (non-hydrogen) atoms. The molecule has 1 atom stereocenters. The van der Waals surface area contributed by atoms with Crippen molar-refractivity contribution >= 4 is 29.2 Å². The molecule has 1 rings (SSSR count). The summed E-state index contributed by atoms with van der Waals surface area (Å²) in [6.45, 7) is 0. The van der Waals surface area contributed by atoms with E-state index in [1.807, 2.05) is 0 Å². The Morgan fingerprint density at radius 2 is 2.07 bits per heavy atom. The molecule has 4 nitrogen and oxygen atoms in total. The predicted octanol–water partition coefficient (Wildman–Crippen LogP) is 1.95. The van der Waals surface area contributed by atoms with Gasteiger partial charge in [0.05, 0.1) is 23.6 Å². The van der Waals surface area contributed by atoms with E-state index in [0.717, 1.165) is 0 Å². The van der Waals surface area contributed by atoms with Crippen molar-refractivity contribution in [2.24, 2.45) is 5.73 Å². The molecule has 1 aromatic rings. The van der Waals surface area contributed by atoms with Crippen LogP contribution in [0, 0.1) is 0 Å². The highest BCUT2D eigenvalue weighted by atomic mass is 35.5. The Balaban J connectivity index is 2.90. The van der Waals surface area contributed by atoms with Crippen LogP contribution >= 0.6 is 23.2 Å². The average Bonchev–Trinajstić information content (AvgIpc) is 2.17. The normalized spacial score (nSPS) is 12.3. The molecule has 0 radical (unpaired) electrons. The summed E-state index contributed by atoms with van der Waals surface area (Å²) in [6, 6.07) is -0.583. The van der Waals surface area contributed by atoms with Crippen LogP contribution in [0.2, 0.25) is 10.0 Å². The van der Waals surface area contributed by atoms with E-state index in [0.29, 0.717) is 15.6 Å². The fraction of sp³-hybridized carbons (Fsp3) is 0.333. The van der Waals surface area contributed by atoms with Crippen molar-refractivity contribution < 1.29 is 9.53 Å². The minimum absolute atomic E-state index is 0.0277. The number of esters is 1. The van der Waals surface area contributed by atoms with E-state index in [-0.39, 0.29) is 6.42 Å². The molecule has 1 heterocycles. The average molecular weight is 249 g/mol. The summed E-state index contributed by atoms with van der Waals surface area (Å²) in [5.41, 5.74) is 6.29. The highest BCUT2D eigenvalue weighted by Crippen LogP contribution is 2.29. The van der Waals surface area contributed by atoms with Gasteiger partial charge in [0.2, 0.25) is 0 Å². The van der Waals surface area contributed by atoms with Crippen molar-refractivity contribution in [3.63, 3.8) is 0 Å². The molecule has 1 unspecified atom stereocenters. The van der Waals surface area contributed by atoms with Gasteiger partial charge in [-0.25, -0.2) is 0 Å². The number of nitrogens with zero attached hydrogens (tertiary/aromatic N) is 1. The molecule has 0 spiro atoms. The zero-order valence-electron chi connectivity index (χ0n) is 8.04. The molecular formula is C9H10Cl2N2O2. The van der Waals surface area contributed by atoms with Crippen LogP contribution in [0.5, 0.6) is 0 Å². The van der Waals surface area contributed by atoms with Gasteiger partial charge in [0.1, 0.15) is 0 Å². The molecule has 0 aliphatic heterocycles. The maximum Gasteiger partial charge on any atom is 0.307 e. The van der Waals surface area contributed by atoms with Crippen LogP contribution in [0.4, 0.5) is 0 Å². The quantitative estimate of drug-likeness (QED) is 0.831. The Bertz CT molecular complexity index is 351. The fourth-order valence-electron chi connectivity index (χ4n) is 1.14. The molecular weight excluding hydrogens is 239 g/mol. The molecule has 6 heteroatoms. The monoisotopic (exact) mass is 248 g/mol. The second kappa shape index (κ2) is 5.30. The Labute approximate surface area is 97.3 Å². The summed E-state index contributed by atoms with van der Waals surface area (Å²) < 4.78 is 4.50. The number of aromatic nitrogens is 1. The maximum atomic E-state index is 11.0. The first-order valence-corrected chi connectivity index (χ1v) is 4.93. The Hall–Kier alpha value is -0.840. The van der Waals surface area contributed by atoms with Crippen molar-refractivity contribution in [1.82, 2.24) is 4.98 Å². The molecule has 0 amide bonds. The SMILES string of the molecule is COC(=O)CC(N)c1c(Cl)cncc1Cl. The van der Waals surface area contributed by atoms with Gasteiger partial charge in [0.15, 0.2) is 0 Å². The molecule has 0 saturated carbocycles. The number of hydrogen-bond donors (Lipinski definition) is 1. The summed E-state index contributed by atoms with van der Waals surface area (Å²) in [5, 5.41) is 0.692. The van der Waals surface area contributed by atoms with Crippen molar-refractivity contribution in [2.45, 2.75) is 12.5 Å². The number of halogens is 2. The van der Waals surface area contributed by atoms with Gasteiger partial charge in [-0.05, 0) is 0 Å². The highest BCUT2D eigenvalue weighted by Gasteiger charge is 2.18. The van der Waals surface area contributed by atoms with Gasteiger partial charge < -0.3 is 10.5 Å². The molecule has 0 aliphatic carbocycles. The molecule has 82 valence electrons. The number of ether oxygens (including phenoxy) is 1. The van der Waals surface area contributed by atoms with E-state index in [1.54, 1.807) is 0 Å². The first kappa shape index (κ1) is 12.2. The van der Waals surface area contributed by atoms with E-state index in [4.69, 9.17) is 28.9 Å². The molecule has 0 fully saturated rings. The number of methoxy groups -OCH3 is 1. The van der Waals surface area contributed by atoms with Gasteiger partial charge in [-0.2, -0.15) is 0 Å². The molecule has 0 aliphatic rings. The van der Waals surface area contributed by atoms with Gasteiger partial charge in [0, 0.05) is 24.0 Å². The van der Waals surface area contributed by atoms with E-state index in [9.17, 15) is 4.79 Å². The summed E-state index contributed by atoms with van der Waals surface area (Å²) in [5.74, 6) is -0.411. The standard InChI is InChI=1S/C9H10Cl2N2O2/c1-15-8(14)2-7(12)9-5(10)3-13-4-6(9)11/h3-4,7H,2,12H2,1H3. The first-order valence-electron chi connectivity index (χ1n) is 4.17. The van der Waals surface area contributed by atoms with Crippen LogP contribution < -0.4 is 5.73 Å². The van der Waals surface area contributed by atoms with Crippen molar-refractivity contribution in [1.29, 1.82) is 0 Å². The fourth-order valence-corrected chi connectivity index (χ4v) is 1.79. The number of carbonyl (C=O) groups is 1. The second-order valence-corrected chi connectivity index (χ2v) is 3.72. The van der Waals surface area contributed by atoms with Crippen molar-refractivity contribution in [3.8, 4) is 0 Å². The van der Waals surface area contributed by atoms with Crippen LogP contribution in [-0.2, 0) is 9.53 Å². The van der Waals surface area contributed by atoms with Crippen LogP contribution in [0.15, 0.2) is 12.4 Å². The number of nitrogens with two attached hydrogens (primary N) is 1. The second-order valence-electron chi connectivity index (χ2n) is 2.90. The lowest BCUT2D eigenvalue weighted by Gasteiger charge is -2.13. The Morgan fingerprint density at radius 1 is 1.53 bits per heavy atom. The Morgan fingerprint density at radius 3 is 2.53 bits per heavy atom. The third-order valence-electron chi connectivity index (χ3n) is 1.88. The number of pyridine rings is 1. The van der Waals surface area contributed by atoms with E-state index >= 15 is 0 Å². The lowest BCUT2D eigenvalue weighted by atomic mass is 10.1. The smallest absolute Gasteiger partial charge is 0.307 e. The molecule has 0 aromatic carbocycles. The minimum Gasteiger partial charge on any atom is -0.469 e. The summed E-state index contributed by atoms with van der Waals surface area (Å²) in [6.07, 6.45) is 2.89. The third kappa shape index (κ3) is 3.06. The number of rotatable bonds is 3. The number of carbonyl (C=O) groups excluding carboxylic acids is 1. The van der Waals surface area contributed by atoms with Gasteiger partial charge in [-0.3, -0.25) is 9.78 Å². The molecule has 1 aromatic heterocycles. The zero-order valence-corrected chi connectivity index (χ0v) is 9.55. The van der Waals surface area contributed by atoms with Crippen LogP contribution in [0.3, 0.4) is 0 Å². The minimum atomic E-state index is -0.583. The molecule has 0 saturated heterocycles. The summed E-state index contributed by atoms with van der Waals surface area (Å²) >= 11 is 11.7. The number of hydrogen-bond acceptors (Lipinski definition) is 4. The molecule has 2 N–H and O–H groups in total. The van der Waals surface area contributed by atoms with Gasteiger partial charge in [-0.15, -0.1) is 0 Å². The van der Waals surface area contributed by atoms with Crippen LogP contribution in [0.25, 0.3) is 0 Å². The Kier molecular flexibility index (Phi) is 4.32. The topological polar surface area (TPSA) is 65.2 Å². The van der Waals surface area contributed by atoms with Crippen molar-refractivity contribution in [3.05, 3.63) is 28.0 Å². The predicted molar refractivity (Wildman–Crippen MR) is 57.8 cm³/mol. The van der Waals surface area contributed by atoms with Gasteiger partial charge in [0.25, 0.3) is 0 Å². The van der Waals surface area contributed by atoms with Crippen LogP contribution in [-0.4, -0.2) is 18.1 Å². The first-order chi connectivity index (χ1) is 7.06. The lowest BCUT2D eigenvalue weighted by Crippen LogP contribution is -2.17. The summed E-state index contributed by atoms with van der Waals surface area (Å²) in [7, 11) is 1.30. The van der Waals surface area contributed by atoms with Gasteiger partial charge in [-0.1, -0.05) is 23.2 Å². The highest BCUT2D eigenvalue weighted by molar-refractivity contribution is 6.35. The summed E-state index contributed by atoms with van der Waals surface area (Å²) in [4.78, 5) is 14.8. The van der Waals surface area contributed by atoms with E-state index < -0.39 is 12.0 Å². The van der Waals surface area contributed by atoms with E-state index in [1.165, 1.54) is 19.5 Å². The largest absolute Gasteiger partial charge is 0.469 e. The lowest BCUT2D eigenvalue weighted by molar-refractivity contribution is -0.141. The maximum absolute atomic E-state index is 11.0. The molecule has 0 bridgehead atoms. The van der Waals surface area contributed by atoms with Crippen molar-refractivity contribution in [2.75, 3.05) is 7.11 Å².